The minimum Gasteiger partial charge on any atom is -0.269 e. The molecule has 4 nitrogen and oxygen atoms in total. The first-order valence-corrected chi connectivity index (χ1v) is 5.13. The van der Waals surface area contributed by atoms with Crippen molar-refractivity contribution in [2.45, 2.75) is 13.5 Å². The fourth-order valence-electron chi connectivity index (χ4n) is 1.40. The van der Waals surface area contributed by atoms with Crippen LogP contribution in [0, 0.1) is 6.92 Å². The Morgan fingerprint density at radius 2 is 2.29 bits per heavy atom. The minimum absolute atomic E-state index is 0.741. The molecule has 2 heterocycles. The molecule has 0 atom stereocenters. The Morgan fingerprint density at radius 1 is 1.50 bits per heavy atom. The smallest absolute Gasteiger partial charge is 0.0839 e. The summed E-state index contributed by atoms with van der Waals surface area (Å²) >= 11 is 3.52. The van der Waals surface area contributed by atoms with Crippen LogP contribution in [0.25, 0.3) is 0 Å². The maximum atomic E-state index is 4.32. The highest BCUT2D eigenvalue weighted by Gasteiger charge is 2.10. The summed E-state index contributed by atoms with van der Waals surface area (Å²) in [7, 11) is 1.94. The molecule has 0 saturated carbocycles. The van der Waals surface area contributed by atoms with E-state index in [1.54, 1.807) is 6.20 Å². The van der Waals surface area contributed by atoms with Gasteiger partial charge in [-0.1, -0.05) is 0 Å². The van der Waals surface area contributed by atoms with Gasteiger partial charge < -0.3 is 0 Å². The van der Waals surface area contributed by atoms with E-state index in [1.807, 2.05) is 35.6 Å². The number of hydrogen-bond donors (Lipinski definition) is 0. The van der Waals surface area contributed by atoms with Crippen LogP contribution in [0.2, 0.25) is 0 Å². The summed E-state index contributed by atoms with van der Waals surface area (Å²) in [6.07, 6.45) is 3.71. The van der Waals surface area contributed by atoms with E-state index in [4.69, 9.17) is 0 Å². The van der Waals surface area contributed by atoms with Gasteiger partial charge in [0.25, 0.3) is 0 Å². The molecule has 2 aromatic rings. The normalized spacial score (nSPS) is 10.8. The Bertz CT molecular complexity index is 430. The van der Waals surface area contributed by atoms with Crippen molar-refractivity contribution < 1.29 is 0 Å². The lowest BCUT2D eigenvalue weighted by atomic mass is 10.3. The molecule has 0 N–H and O–H groups in total. The topological polar surface area (TPSA) is 35.6 Å². The fraction of sp³-hybridized carbons (Fsp3) is 0.333. The third-order valence-corrected chi connectivity index (χ3v) is 3.16. The summed E-state index contributed by atoms with van der Waals surface area (Å²) < 4.78 is 4.82. The van der Waals surface area contributed by atoms with E-state index in [0.29, 0.717) is 0 Å². The molecule has 0 aromatic carbocycles. The van der Waals surface area contributed by atoms with Gasteiger partial charge in [0.1, 0.15) is 0 Å². The molecule has 0 aliphatic carbocycles. The van der Waals surface area contributed by atoms with Crippen molar-refractivity contribution in [1.29, 1.82) is 0 Å². The number of nitrogens with zero attached hydrogens (tertiary/aromatic N) is 4. The predicted octanol–water partition coefficient (Wildman–Crippen LogP) is 1.74. The van der Waals surface area contributed by atoms with Crippen LogP contribution in [0.3, 0.4) is 0 Å². The van der Waals surface area contributed by atoms with Gasteiger partial charge >= 0.3 is 0 Å². The largest absolute Gasteiger partial charge is 0.269 e. The van der Waals surface area contributed by atoms with Gasteiger partial charge in [0.05, 0.1) is 22.4 Å². The van der Waals surface area contributed by atoms with Crippen molar-refractivity contribution in [2.24, 2.45) is 7.05 Å². The molecule has 2 rings (SSSR count). The second-order valence-corrected chi connectivity index (χ2v) is 3.97. The Kier molecular flexibility index (Phi) is 2.41. The van der Waals surface area contributed by atoms with Gasteiger partial charge in [0, 0.05) is 19.4 Å². The van der Waals surface area contributed by atoms with E-state index < -0.39 is 0 Å². The maximum absolute atomic E-state index is 4.32. The van der Waals surface area contributed by atoms with Crippen LogP contribution in [-0.2, 0) is 13.6 Å². The third kappa shape index (κ3) is 1.59. The van der Waals surface area contributed by atoms with Crippen LogP contribution >= 0.6 is 15.9 Å². The number of halogens is 1. The molecule has 0 radical (unpaired) electrons. The molecule has 74 valence electrons. The molecule has 0 unspecified atom stereocenters. The summed E-state index contributed by atoms with van der Waals surface area (Å²) in [5.41, 5.74) is 2.14. The lowest BCUT2D eigenvalue weighted by molar-refractivity contribution is 0.617. The van der Waals surface area contributed by atoms with Crippen molar-refractivity contribution in [3.63, 3.8) is 0 Å². The molecule has 0 amide bonds. The van der Waals surface area contributed by atoms with Gasteiger partial charge in [-0.05, 0) is 28.9 Å². The van der Waals surface area contributed by atoms with E-state index >= 15 is 0 Å². The molecule has 0 spiro atoms. The van der Waals surface area contributed by atoms with Gasteiger partial charge in [-0.3, -0.25) is 9.36 Å². The van der Waals surface area contributed by atoms with Crippen molar-refractivity contribution >= 4 is 15.9 Å². The first kappa shape index (κ1) is 9.45. The lowest BCUT2D eigenvalue weighted by Crippen LogP contribution is -2.06. The van der Waals surface area contributed by atoms with Crippen molar-refractivity contribution in [2.75, 3.05) is 0 Å². The quantitative estimate of drug-likeness (QED) is 0.819. The third-order valence-electron chi connectivity index (χ3n) is 2.13. The number of aryl methyl sites for hydroxylation is 2. The van der Waals surface area contributed by atoms with Crippen LogP contribution in [-0.4, -0.2) is 19.6 Å². The second-order valence-electron chi connectivity index (χ2n) is 3.17. The Balaban J connectivity index is 2.33. The summed E-state index contributed by atoms with van der Waals surface area (Å²) in [6.45, 7) is 2.72. The van der Waals surface area contributed by atoms with Crippen LogP contribution in [0.5, 0.6) is 0 Å². The molecule has 0 fully saturated rings. The second kappa shape index (κ2) is 3.57. The fourth-order valence-corrected chi connectivity index (χ4v) is 1.86. The highest BCUT2D eigenvalue weighted by atomic mass is 79.9. The van der Waals surface area contributed by atoms with E-state index in [1.165, 1.54) is 0 Å². The van der Waals surface area contributed by atoms with Gasteiger partial charge in [0.2, 0.25) is 0 Å². The van der Waals surface area contributed by atoms with Gasteiger partial charge in [-0.2, -0.15) is 10.2 Å². The van der Waals surface area contributed by atoms with Crippen LogP contribution in [0.4, 0.5) is 0 Å². The van der Waals surface area contributed by atoms with Gasteiger partial charge in [-0.15, -0.1) is 0 Å². The number of aromatic nitrogens is 4. The van der Waals surface area contributed by atoms with Crippen molar-refractivity contribution in [3.8, 4) is 0 Å². The highest BCUT2D eigenvalue weighted by molar-refractivity contribution is 9.10. The van der Waals surface area contributed by atoms with E-state index in [0.717, 1.165) is 22.4 Å². The minimum atomic E-state index is 0.741. The molecule has 2 aromatic heterocycles. The zero-order valence-corrected chi connectivity index (χ0v) is 9.69. The summed E-state index contributed by atoms with van der Waals surface area (Å²) in [4.78, 5) is 0. The summed E-state index contributed by atoms with van der Waals surface area (Å²) in [6, 6.07) is 1.91. The van der Waals surface area contributed by atoms with E-state index in [2.05, 4.69) is 26.1 Å². The van der Waals surface area contributed by atoms with Crippen LogP contribution in [0.15, 0.2) is 22.9 Å². The standard InChI is InChI=1S/C9H11BrN4/c1-7-9(10)8(13(2)12-7)6-14-5-3-4-11-14/h3-5H,6H2,1-2H3. The van der Waals surface area contributed by atoms with Gasteiger partial charge in [-0.25, -0.2) is 0 Å². The number of rotatable bonds is 2. The molecular formula is C9H11BrN4. The van der Waals surface area contributed by atoms with Crippen molar-refractivity contribution in [3.05, 3.63) is 34.3 Å². The molecule has 0 bridgehead atoms. The van der Waals surface area contributed by atoms with Crippen LogP contribution in [0.1, 0.15) is 11.4 Å². The molecule has 0 aliphatic rings. The average Bonchev–Trinajstić information content (AvgIpc) is 2.71. The molecule has 0 aliphatic heterocycles. The predicted molar refractivity (Wildman–Crippen MR) is 57.0 cm³/mol. The molecular weight excluding hydrogens is 244 g/mol. The van der Waals surface area contributed by atoms with Crippen molar-refractivity contribution in [1.82, 2.24) is 19.6 Å². The number of hydrogen-bond acceptors (Lipinski definition) is 2. The highest BCUT2D eigenvalue weighted by Crippen LogP contribution is 2.20. The van der Waals surface area contributed by atoms with Crippen LogP contribution < -0.4 is 0 Å². The molecule has 0 saturated heterocycles. The monoisotopic (exact) mass is 254 g/mol. The summed E-state index contributed by atoms with van der Waals surface area (Å²) in [5, 5.41) is 8.48. The lowest BCUT2D eigenvalue weighted by Gasteiger charge is -2.02. The first-order valence-electron chi connectivity index (χ1n) is 4.34. The average molecular weight is 255 g/mol. The van der Waals surface area contributed by atoms with E-state index in [9.17, 15) is 0 Å². The van der Waals surface area contributed by atoms with Gasteiger partial charge in [0.15, 0.2) is 0 Å². The summed E-state index contributed by atoms with van der Waals surface area (Å²) in [5.74, 6) is 0. The molecule has 14 heavy (non-hydrogen) atoms. The Labute approximate surface area is 90.7 Å². The Hall–Kier alpha value is -1.10. The van der Waals surface area contributed by atoms with E-state index in [-0.39, 0.29) is 0 Å². The SMILES string of the molecule is Cc1nn(C)c(Cn2cccn2)c1Br. The maximum Gasteiger partial charge on any atom is 0.0839 e. The first-order chi connectivity index (χ1) is 6.68. The Morgan fingerprint density at radius 3 is 2.79 bits per heavy atom. The zero-order chi connectivity index (χ0) is 10.1. The zero-order valence-electron chi connectivity index (χ0n) is 8.11. The molecule has 5 heteroatoms.